The molecule has 0 aliphatic rings. The average molecular weight is 413 g/mol. The van der Waals surface area contributed by atoms with Crippen molar-refractivity contribution in [2.24, 2.45) is 0 Å². The fraction of sp³-hybridized carbons (Fsp3) is 0.222. The van der Waals surface area contributed by atoms with Crippen LogP contribution < -0.4 is 21.9 Å². The number of H-pyrrole nitrogens is 1. The standard InChI is InChI=1S/C18H19N7O5/c1-8(26)12(17(29)30)23-15(27)9-2-4-10(5-3-9)20-6-11-7-21-14-13(22-11)16(28)25-18(19)24-14/h2-5,7-8,12,20,26H,6H2,1H3,(H,23,27)(H,29,30)(H3,19,21,24,25,28)/t8-,12+/m1/s1. The number of hydrogen-bond donors (Lipinski definition) is 6. The van der Waals surface area contributed by atoms with Crippen LogP contribution in [0, 0.1) is 0 Å². The van der Waals surface area contributed by atoms with Crippen LogP contribution in [0.25, 0.3) is 11.2 Å². The minimum Gasteiger partial charge on any atom is -0.480 e. The molecule has 3 rings (SSSR count). The Kier molecular flexibility index (Phi) is 5.88. The summed E-state index contributed by atoms with van der Waals surface area (Å²) in [7, 11) is 0. The van der Waals surface area contributed by atoms with Crippen LogP contribution in [0.3, 0.4) is 0 Å². The smallest absolute Gasteiger partial charge is 0.328 e. The fourth-order valence-corrected chi connectivity index (χ4v) is 2.60. The van der Waals surface area contributed by atoms with Gasteiger partial charge in [-0.25, -0.2) is 14.8 Å². The van der Waals surface area contributed by atoms with Crippen LogP contribution >= 0.6 is 0 Å². The third kappa shape index (κ3) is 4.67. The topological polar surface area (TPSA) is 196 Å². The second kappa shape index (κ2) is 8.53. The first-order chi connectivity index (χ1) is 14.2. The van der Waals surface area contributed by atoms with Gasteiger partial charge in [-0.3, -0.25) is 14.6 Å². The molecule has 1 amide bonds. The van der Waals surface area contributed by atoms with Gasteiger partial charge < -0.3 is 26.6 Å². The van der Waals surface area contributed by atoms with Gasteiger partial charge in [-0.2, -0.15) is 4.98 Å². The van der Waals surface area contributed by atoms with Crippen LogP contribution in [0.4, 0.5) is 11.6 Å². The lowest BCUT2D eigenvalue weighted by Gasteiger charge is -2.17. The summed E-state index contributed by atoms with van der Waals surface area (Å²) in [6, 6.07) is 4.84. The van der Waals surface area contributed by atoms with Crippen LogP contribution in [-0.2, 0) is 11.3 Å². The van der Waals surface area contributed by atoms with E-state index in [1.165, 1.54) is 25.3 Å². The number of carbonyl (C=O) groups is 2. The van der Waals surface area contributed by atoms with E-state index in [1.54, 1.807) is 12.1 Å². The van der Waals surface area contributed by atoms with Crippen LogP contribution in [-0.4, -0.2) is 54.2 Å². The van der Waals surface area contributed by atoms with Crippen molar-refractivity contribution in [3.05, 3.63) is 52.1 Å². The maximum Gasteiger partial charge on any atom is 0.328 e. The number of aromatic amines is 1. The molecule has 2 heterocycles. The molecule has 3 aromatic rings. The second-order valence-corrected chi connectivity index (χ2v) is 6.45. The molecule has 1 aromatic carbocycles. The molecule has 2 atom stereocenters. The summed E-state index contributed by atoms with van der Waals surface area (Å²) in [6.45, 7) is 1.53. The van der Waals surface area contributed by atoms with Crippen molar-refractivity contribution >= 4 is 34.7 Å². The Labute approximate surface area is 169 Å². The van der Waals surface area contributed by atoms with Crippen LogP contribution in [0.2, 0.25) is 0 Å². The number of rotatable bonds is 7. The zero-order valence-electron chi connectivity index (χ0n) is 15.8. The molecule has 0 aliphatic heterocycles. The molecule has 0 bridgehead atoms. The zero-order valence-corrected chi connectivity index (χ0v) is 15.8. The number of amides is 1. The molecule has 0 unspecified atom stereocenters. The van der Waals surface area contributed by atoms with Crippen LogP contribution in [0.5, 0.6) is 0 Å². The summed E-state index contributed by atoms with van der Waals surface area (Å²) in [5.41, 5.74) is 6.57. The molecule has 0 radical (unpaired) electrons. The molecular formula is C18H19N7O5. The van der Waals surface area contributed by atoms with Gasteiger partial charge in [0.1, 0.15) is 0 Å². The number of nitrogens with zero attached hydrogens (tertiary/aromatic N) is 3. The first kappa shape index (κ1) is 20.7. The number of carboxylic acid groups (broad SMARTS) is 1. The number of aliphatic carboxylic acids is 1. The summed E-state index contributed by atoms with van der Waals surface area (Å²) in [5.74, 6) is -1.99. The minimum absolute atomic E-state index is 0.0417. The highest BCUT2D eigenvalue weighted by Gasteiger charge is 2.25. The van der Waals surface area contributed by atoms with E-state index >= 15 is 0 Å². The number of carbonyl (C=O) groups excluding carboxylic acids is 1. The van der Waals surface area contributed by atoms with Crippen LogP contribution in [0.1, 0.15) is 23.0 Å². The number of anilines is 2. The number of benzene rings is 1. The van der Waals surface area contributed by atoms with E-state index in [4.69, 9.17) is 10.8 Å². The minimum atomic E-state index is -1.41. The lowest BCUT2D eigenvalue weighted by molar-refractivity contribution is -0.141. The Morgan fingerprint density at radius 2 is 1.93 bits per heavy atom. The number of fused-ring (bicyclic) bond motifs is 1. The molecule has 0 aliphatic carbocycles. The van der Waals surface area contributed by atoms with E-state index in [0.29, 0.717) is 11.4 Å². The Bertz CT molecular complexity index is 1140. The number of nitrogens with two attached hydrogens (primary N) is 1. The SMILES string of the molecule is C[C@@H](O)[C@H](NC(=O)c1ccc(NCc2cnc3nc(N)[nH]c(=O)c3n2)cc1)C(=O)O. The molecule has 30 heavy (non-hydrogen) atoms. The van der Waals surface area contributed by atoms with Gasteiger partial charge in [0.05, 0.1) is 24.5 Å². The van der Waals surface area contributed by atoms with Crippen molar-refractivity contribution in [1.82, 2.24) is 25.3 Å². The number of aliphatic hydroxyl groups excluding tert-OH is 1. The molecule has 2 aromatic heterocycles. The molecular weight excluding hydrogens is 394 g/mol. The summed E-state index contributed by atoms with van der Waals surface area (Å²) >= 11 is 0. The number of nitrogens with one attached hydrogen (secondary N) is 3. The lowest BCUT2D eigenvalue weighted by atomic mass is 10.1. The molecule has 12 nitrogen and oxygen atoms in total. The van der Waals surface area contributed by atoms with Crippen molar-refractivity contribution in [1.29, 1.82) is 0 Å². The quantitative estimate of drug-likeness (QED) is 0.293. The summed E-state index contributed by atoms with van der Waals surface area (Å²) in [4.78, 5) is 49.7. The van der Waals surface area contributed by atoms with Gasteiger partial charge in [-0.1, -0.05) is 0 Å². The molecule has 12 heteroatoms. The molecule has 156 valence electrons. The third-order valence-electron chi connectivity index (χ3n) is 4.14. The maximum absolute atomic E-state index is 12.2. The number of carboxylic acids is 1. The van der Waals surface area contributed by atoms with E-state index in [2.05, 4.69) is 30.6 Å². The van der Waals surface area contributed by atoms with Crippen molar-refractivity contribution in [2.45, 2.75) is 25.6 Å². The van der Waals surface area contributed by atoms with Crippen molar-refractivity contribution in [3.8, 4) is 0 Å². The molecule has 0 fully saturated rings. The highest BCUT2D eigenvalue weighted by Crippen LogP contribution is 2.12. The summed E-state index contributed by atoms with van der Waals surface area (Å²) in [6.07, 6.45) is 0.222. The van der Waals surface area contributed by atoms with Gasteiger partial charge in [-0.15, -0.1) is 0 Å². The highest BCUT2D eigenvalue weighted by atomic mass is 16.4. The average Bonchev–Trinajstić information content (AvgIpc) is 2.70. The first-order valence-electron chi connectivity index (χ1n) is 8.81. The largest absolute Gasteiger partial charge is 0.480 e. The number of hydrogen-bond acceptors (Lipinski definition) is 9. The molecule has 7 N–H and O–H groups in total. The number of nitrogen functional groups attached to an aromatic ring is 1. The molecule has 0 saturated heterocycles. The summed E-state index contributed by atoms with van der Waals surface area (Å²) in [5, 5.41) is 23.8. The Balaban J connectivity index is 1.66. The predicted molar refractivity (Wildman–Crippen MR) is 107 cm³/mol. The maximum atomic E-state index is 12.2. The first-order valence-corrected chi connectivity index (χ1v) is 8.81. The normalized spacial score (nSPS) is 12.9. The van der Waals surface area contributed by atoms with E-state index < -0.39 is 29.6 Å². The van der Waals surface area contributed by atoms with E-state index in [9.17, 15) is 19.5 Å². The van der Waals surface area contributed by atoms with E-state index in [1.807, 2.05) is 0 Å². The van der Waals surface area contributed by atoms with Gasteiger partial charge in [-0.05, 0) is 31.2 Å². The zero-order chi connectivity index (χ0) is 21.8. The van der Waals surface area contributed by atoms with E-state index in [-0.39, 0.29) is 29.2 Å². The second-order valence-electron chi connectivity index (χ2n) is 6.45. The lowest BCUT2D eigenvalue weighted by Crippen LogP contribution is -2.47. The predicted octanol–water partition coefficient (Wildman–Crippen LogP) is -0.529. The van der Waals surface area contributed by atoms with Crippen molar-refractivity contribution in [3.63, 3.8) is 0 Å². The summed E-state index contributed by atoms with van der Waals surface area (Å²) < 4.78 is 0. The Hall–Kier alpha value is -4.06. The fourth-order valence-electron chi connectivity index (χ4n) is 2.60. The highest BCUT2D eigenvalue weighted by molar-refractivity contribution is 5.97. The molecule has 0 saturated carbocycles. The van der Waals surface area contributed by atoms with Gasteiger partial charge >= 0.3 is 5.97 Å². The van der Waals surface area contributed by atoms with Gasteiger partial charge in [0.2, 0.25) is 5.95 Å². The van der Waals surface area contributed by atoms with Gasteiger partial charge in [0.25, 0.3) is 11.5 Å². The Morgan fingerprint density at radius 3 is 2.57 bits per heavy atom. The van der Waals surface area contributed by atoms with Crippen molar-refractivity contribution < 1.29 is 19.8 Å². The Morgan fingerprint density at radius 1 is 1.23 bits per heavy atom. The molecule has 0 spiro atoms. The monoisotopic (exact) mass is 413 g/mol. The van der Waals surface area contributed by atoms with Crippen molar-refractivity contribution in [2.75, 3.05) is 11.1 Å². The number of aliphatic hydroxyl groups is 1. The van der Waals surface area contributed by atoms with Gasteiger partial charge in [0, 0.05) is 11.3 Å². The van der Waals surface area contributed by atoms with Gasteiger partial charge in [0.15, 0.2) is 17.2 Å². The van der Waals surface area contributed by atoms with Crippen LogP contribution in [0.15, 0.2) is 35.3 Å². The van der Waals surface area contributed by atoms with E-state index in [0.717, 1.165) is 0 Å². The third-order valence-corrected chi connectivity index (χ3v) is 4.14. The number of aromatic nitrogens is 4.